The molecule has 1 saturated heterocycles. The Morgan fingerprint density at radius 1 is 0.938 bits per heavy atom. The van der Waals surface area contributed by atoms with Crippen LogP contribution >= 0.6 is 0 Å². The summed E-state index contributed by atoms with van der Waals surface area (Å²) in [7, 11) is 0. The average Bonchev–Trinajstić information content (AvgIpc) is 2.32. The first kappa shape index (κ1) is 12.7. The van der Waals surface area contributed by atoms with Crippen molar-refractivity contribution in [2.75, 3.05) is 13.1 Å². The summed E-state index contributed by atoms with van der Waals surface area (Å²) < 4.78 is 0. The highest BCUT2D eigenvalue weighted by Gasteiger charge is 2.11. The van der Waals surface area contributed by atoms with Gasteiger partial charge < -0.3 is 4.84 Å². The zero-order chi connectivity index (χ0) is 11.6. The van der Waals surface area contributed by atoms with E-state index in [1.54, 1.807) is 5.06 Å². The highest BCUT2D eigenvalue weighted by Crippen LogP contribution is 2.08. The van der Waals surface area contributed by atoms with E-state index in [0.717, 1.165) is 25.9 Å². The van der Waals surface area contributed by atoms with Crippen LogP contribution in [0, 0.1) is 0 Å². The Hall–Kier alpha value is -1.35. The zero-order valence-corrected chi connectivity index (χ0v) is 9.76. The summed E-state index contributed by atoms with van der Waals surface area (Å²) in [5, 5.41) is 1.74. The number of hydroxylamine groups is 2. The molecule has 3 nitrogen and oxygen atoms in total. The van der Waals surface area contributed by atoms with E-state index in [4.69, 9.17) is 4.84 Å². The van der Waals surface area contributed by atoms with Gasteiger partial charge in [0.2, 0.25) is 0 Å². The number of carbonyl (C=O) groups excluding carboxylic acids is 1. The van der Waals surface area contributed by atoms with Gasteiger partial charge in [0.25, 0.3) is 0 Å². The quantitative estimate of drug-likeness (QED) is 0.730. The number of hydrogen-bond donors (Lipinski definition) is 0. The van der Waals surface area contributed by atoms with Crippen LogP contribution in [0.4, 0.5) is 0 Å². The summed E-state index contributed by atoms with van der Waals surface area (Å²) in [5.41, 5.74) is 0. The van der Waals surface area contributed by atoms with Crippen LogP contribution in [0.15, 0.2) is 36.4 Å². The first-order valence-corrected chi connectivity index (χ1v) is 5.72. The Morgan fingerprint density at radius 3 is 1.75 bits per heavy atom. The van der Waals surface area contributed by atoms with Gasteiger partial charge in [-0.05, 0) is 12.8 Å². The van der Waals surface area contributed by atoms with Crippen LogP contribution in [0.5, 0.6) is 0 Å². The van der Waals surface area contributed by atoms with Gasteiger partial charge in [0.1, 0.15) is 0 Å². The summed E-state index contributed by atoms with van der Waals surface area (Å²) in [5.74, 6) is -0.207. The van der Waals surface area contributed by atoms with Gasteiger partial charge in [-0.3, -0.25) is 4.79 Å². The molecule has 0 unspecified atom stereocenters. The van der Waals surface area contributed by atoms with Crippen molar-refractivity contribution >= 4 is 5.97 Å². The van der Waals surface area contributed by atoms with E-state index in [0.29, 0.717) is 0 Å². The van der Waals surface area contributed by atoms with Crippen LogP contribution in [-0.4, -0.2) is 24.1 Å². The maximum Gasteiger partial charge on any atom is 0.322 e. The SMILES string of the molecule is CC(=O)ON1CCCCC1.c1ccccc1. The molecule has 0 spiro atoms. The molecule has 1 aliphatic rings. The van der Waals surface area contributed by atoms with E-state index in [2.05, 4.69) is 0 Å². The Morgan fingerprint density at radius 2 is 1.38 bits per heavy atom. The fourth-order valence-electron chi connectivity index (χ4n) is 1.52. The average molecular weight is 221 g/mol. The largest absolute Gasteiger partial charge is 0.368 e. The molecule has 1 aliphatic heterocycles. The Balaban J connectivity index is 0.000000181. The Kier molecular flexibility index (Phi) is 6.26. The normalized spacial score (nSPS) is 15.8. The van der Waals surface area contributed by atoms with E-state index in [1.165, 1.54) is 13.3 Å². The second kappa shape index (κ2) is 7.88. The van der Waals surface area contributed by atoms with Gasteiger partial charge in [0, 0.05) is 20.0 Å². The van der Waals surface area contributed by atoms with Gasteiger partial charge in [-0.25, -0.2) is 0 Å². The lowest BCUT2D eigenvalue weighted by atomic mass is 10.2. The molecule has 0 aliphatic carbocycles. The highest BCUT2D eigenvalue weighted by molar-refractivity contribution is 5.65. The summed E-state index contributed by atoms with van der Waals surface area (Å²) in [4.78, 5) is 15.3. The van der Waals surface area contributed by atoms with Crippen molar-refractivity contribution < 1.29 is 9.63 Å². The molecule has 1 aromatic rings. The number of rotatable bonds is 1. The molecule has 88 valence electrons. The van der Waals surface area contributed by atoms with Gasteiger partial charge in [-0.2, -0.15) is 0 Å². The molecular formula is C13H19NO2. The number of benzene rings is 1. The molecule has 0 atom stereocenters. The van der Waals surface area contributed by atoms with Crippen LogP contribution in [0.1, 0.15) is 26.2 Å². The van der Waals surface area contributed by atoms with Crippen LogP contribution in [0.2, 0.25) is 0 Å². The smallest absolute Gasteiger partial charge is 0.322 e. The molecule has 3 heteroatoms. The monoisotopic (exact) mass is 221 g/mol. The standard InChI is InChI=1S/C7H13NO2.C6H6/c1-7(9)10-8-5-3-2-4-6-8;1-2-4-6-5-3-1/h2-6H2,1H3;1-6H. The number of nitrogens with zero attached hydrogens (tertiary/aromatic N) is 1. The number of piperidine rings is 1. The molecule has 2 rings (SSSR count). The van der Waals surface area contributed by atoms with Gasteiger partial charge in [0.15, 0.2) is 0 Å². The van der Waals surface area contributed by atoms with Crippen molar-refractivity contribution in [3.63, 3.8) is 0 Å². The van der Waals surface area contributed by atoms with Crippen molar-refractivity contribution in [3.05, 3.63) is 36.4 Å². The van der Waals surface area contributed by atoms with Crippen molar-refractivity contribution in [1.29, 1.82) is 0 Å². The predicted octanol–water partition coefficient (Wildman–Crippen LogP) is 2.64. The molecule has 0 amide bonds. The summed E-state index contributed by atoms with van der Waals surface area (Å²) in [6.45, 7) is 3.24. The second-order valence-corrected chi connectivity index (χ2v) is 3.73. The van der Waals surface area contributed by atoms with Crippen LogP contribution < -0.4 is 0 Å². The molecule has 16 heavy (non-hydrogen) atoms. The molecule has 1 fully saturated rings. The molecule has 0 radical (unpaired) electrons. The topological polar surface area (TPSA) is 29.5 Å². The lowest BCUT2D eigenvalue weighted by Gasteiger charge is -2.23. The molecular weight excluding hydrogens is 202 g/mol. The third kappa shape index (κ3) is 6.19. The fourth-order valence-corrected chi connectivity index (χ4v) is 1.52. The van der Waals surface area contributed by atoms with Crippen LogP contribution in [0.3, 0.4) is 0 Å². The number of hydrogen-bond acceptors (Lipinski definition) is 3. The summed E-state index contributed by atoms with van der Waals surface area (Å²) in [6, 6.07) is 12.0. The summed E-state index contributed by atoms with van der Waals surface area (Å²) in [6.07, 6.45) is 3.55. The van der Waals surface area contributed by atoms with E-state index in [-0.39, 0.29) is 5.97 Å². The van der Waals surface area contributed by atoms with Gasteiger partial charge in [-0.1, -0.05) is 42.8 Å². The molecule has 0 saturated carbocycles. The van der Waals surface area contributed by atoms with Gasteiger partial charge in [0.05, 0.1) is 0 Å². The Labute approximate surface area is 97.0 Å². The van der Waals surface area contributed by atoms with E-state index in [9.17, 15) is 4.79 Å². The third-order valence-corrected chi connectivity index (χ3v) is 2.24. The zero-order valence-electron chi connectivity index (χ0n) is 9.76. The lowest BCUT2D eigenvalue weighted by Crippen LogP contribution is -2.31. The molecule has 0 N–H and O–H groups in total. The van der Waals surface area contributed by atoms with Gasteiger partial charge >= 0.3 is 5.97 Å². The fraction of sp³-hybridized carbons (Fsp3) is 0.462. The van der Waals surface area contributed by atoms with Crippen molar-refractivity contribution in [1.82, 2.24) is 5.06 Å². The maximum absolute atomic E-state index is 10.4. The first-order chi connectivity index (χ1) is 7.79. The van der Waals surface area contributed by atoms with Crippen molar-refractivity contribution in [3.8, 4) is 0 Å². The van der Waals surface area contributed by atoms with Crippen molar-refractivity contribution in [2.45, 2.75) is 26.2 Å². The highest BCUT2D eigenvalue weighted by atomic mass is 16.7. The molecule has 1 aromatic carbocycles. The van der Waals surface area contributed by atoms with Gasteiger partial charge in [-0.15, -0.1) is 5.06 Å². The minimum Gasteiger partial charge on any atom is -0.368 e. The molecule has 0 bridgehead atoms. The second-order valence-electron chi connectivity index (χ2n) is 3.73. The minimum atomic E-state index is -0.207. The van der Waals surface area contributed by atoms with E-state index < -0.39 is 0 Å². The maximum atomic E-state index is 10.4. The predicted molar refractivity (Wildman–Crippen MR) is 63.6 cm³/mol. The van der Waals surface area contributed by atoms with Crippen LogP contribution in [-0.2, 0) is 9.63 Å². The molecule has 1 heterocycles. The van der Waals surface area contributed by atoms with E-state index >= 15 is 0 Å². The van der Waals surface area contributed by atoms with Crippen molar-refractivity contribution in [2.24, 2.45) is 0 Å². The summed E-state index contributed by atoms with van der Waals surface area (Å²) >= 11 is 0. The Bertz CT molecular complexity index is 255. The minimum absolute atomic E-state index is 0.207. The van der Waals surface area contributed by atoms with E-state index in [1.807, 2.05) is 36.4 Å². The van der Waals surface area contributed by atoms with Crippen LogP contribution in [0.25, 0.3) is 0 Å². The lowest BCUT2D eigenvalue weighted by molar-refractivity contribution is -0.191. The number of carbonyl (C=O) groups is 1. The molecule has 0 aromatic heterocycles. The first-order valence-electron chi connectivity index (χ1n) is 5.72. The third-order valence-electron chi connectivity index (χ3n) is 2.24.